The zero-order chi connectivity index (χ0) is 21.1. The van der Waals surface area contributed by atoms with Crippen LogP contribution in [0, 0.1) is 0 Å². The molecule has 0 unspecified atom stereocenters. The van der Waals surface area contributed by atoms with Crippen molar-refractivity contribution >= 4 is 27.3 Å². The van der Waals surface area contributed by atoms with Gasteiger partial charge >= 0.3 is 0 Å². The summed E-state index contributed by atoms with van der Waals surface area (Å²) in [5, 5.41) is 3.08. The zero-order valence-corrected chi connectivity index (χ0v) is 17.6. The Hall–Kier alpha value is -2.75. The first-order valence-electron chi connectivity index (χ1n) is 9.14. The van der Waals surface area contributed by atoms with Crippen molar-refractivity contribution in [2.75, 3.05) is 38.8 Å². The largest absolute Gasteiger partial charge is 0.486 e. The third kappa shape index (κ3) is 3.96. The Bertz CT molecular complexity index is 1160. The molecule has 3 aromatic rings. The summed E-state index contributed by atoms with van der Waals surface area (Å²) < 4.78 is 48.5. The summed E-state index contributed by atoms with van der Waals surface area (Å²) in [5.74, 6) is 0.968. The number of anilines is 1. The lowest BCUT2D eigenvalue weighted by Gasteiger charge is -2.18. The van der Waals surface area contributed by atoms with E-state index in [0.717, 1.165) is 0 Å². The fourth-order valence-electron chi connectivity index (χ4n) is 2.92. The number of rotatable bonds is 7. The van der Waals surface area contributed by atoms with Crippen molar-refractivity contribution < 1.29 is 27.0 Å². The summed E-state index contributed by atoms with van der Waals surface area (Å²) in [7, 11) is -2.48. The van der Waals surface area contributed by atoms with E-state index < -0.39 is 9.84 Å². The first-order chi connectivity index (χ1) is 14.5. The molecular formula is C20H19ClN2O6S. The summed E-state index contributed by atoms with van der Waals surface area (Å²) in [6.07, 6.45) is 0. The lowest BCUT2D eigenvalue weighted by molar-refractivity contribution is 0.171. The van der Waals surface area contributed by atoms with Gasteiger partial charge in [-0.2, -0.15) is 4.98 Å². The molecule has 0 saturated carbocycles. The molecule has 2 heterocycles. The van der Waals surface area contributed by atoms with Crippen molar-refractivity contribution in [3.8, 4) is 23.0 Å². The molecule has 1 N–H and O–H groups in total. The Morgan fingerprint density at radius 3 is 2.67 bits per heavy atom. The van der Waals surface area contributed by atoms with Crippen LogP contribution in [-0.4, -0.2) is 46.9 Å². The molecule has 0 bridgehead atoms. The highest BCUT2D eigenvalue weighted by atomic mass is 35.5. The number of methoxy groups -OCH3 is 1. The van der Waals surface area contributed by atoms with Gasteiger partial charge in [0.05, 0.1) is 22.1 Å². The Balaban J connectivity index is 1.78. The molecular weight excluding hydrogens is 432 g/mol. The van der Waals surface area contributed by atoms with E-state index in [0.29, 0.717) is 48.5 Å². The van der Waals surface area contributed by atoms with Gasteiger partial charge in [-0.25, -0.2) is 8.42 Å². The molecule has 10 heteroatoms. The molecule has 0 spiro atoms. The number of hydrogen-bond acceptors (Lipinski definition) is 8. The molecule has 30 heavy (non-hydrogen) atoms. The van der Waals surface area contributed by atoms with E-state index in [-0.39, 0.29) is 21.7 Å². The number of nitrogens with zero attached hydrogens (tertiary/aromatic N) is 1. The van der Waals surface area contributed by atoms with Gasteiger partial charge in [-0.15, -0.1) is 0 Å². The Morgan fingerprint density at radius 1 is 1.13 bits per heavy atom. The lowest BCUT2D eigenvalue weighted by atomic mass is 10.2. The van der Waals surface area contributed by atoms with Crippen LogP contribution in [0.5, 0.6) is 11.5 Å². The van der Waals surface area contributed by atoms with Crippen molar-refractivity contribution in [1.29, 1.82) is 0 Å². The van der Waals surface area contributed by atoms with Crippen molar-refractivity contribution in [2.24, 2.45) is 0 Å². The number of nitrogens with one attached hydrogen (secondary N) is 1. The lowest BCUT2D eigenvalue weighted by Crippen LogP contribution is -2.16. The number of sulfone groups is 1. The molecule has 0 aliphatic carbocycles. The van der Waals surface area contributed by atoms with Crippen LogP contribution in [0.1, 0.15) is 0 Å². The highest BCUT2D eigenvalue weighted by molar-refractivity contribution is 7.91. The van der Waals surface area contributed by atoms with E-state index in [1.165, 1.54) is 12.1 Å². The Kier molecular flexibility index (Phi) is 5.85. The maximum Gasteiger partial charge on any atom is 0.233 e. The first-order valence-corrected chi connectivity index (χ1v) is 11.0. The summed E-state index contributed by atoms with van der Waals surface area (Å²) in [4.78, 5) is 4.28. The van der Waals surface area contributed by atoms with Crippen LogP contribution in [0.4, 0.5) is 5.88 Å². The van der Waals surface area contributed by atoms with Crippen LogP contribution >= 0.6 is 11.6 Å². The van der Waals surface area contributed by atoms with E-state index in [9.17, 15) is 8.42 Å². The summed E-state index contributed by atoms with van der Waals surface area (Å²) >= 11 is 6.24. The smallest absolute Gasteiger partial charge is 0.233 e. The van der Waals surface area contributed by atoms with Crippen LogP contribution in [0.15, 0.2) is 56.8 Å². The topological polar surface area (TPSA) is 99.9 Å². The van der Waals surface area contributed by atoms with Gasteiger partial charge in [0.1, 0.15) is 13.2 Å². The Morgan fingerprint density at radius 2 is 1.90 bits per heavy atom. The monoisotopic (exact) mass is 450 g/mol. The number of fused-ring (bicyclic) bond motifs is 1. The third-order valence-electron chi connectivity index (χ3n) is 4.37. The van der Waals surface area contributed by atoms with Gasteiger partial charge in [-0.3, -0.25) is 0 Å². The average Bonchev–Trinajstić information content (AvgIpc) is 3.18. The molecule has 0 amide bonds. The van der Waals surface area contributed by atoms with Crippen molar-refractivity contribution in [3.63, 3.8) is 0 Å². The molecule has 0 atom stereocenters. The van der Waals surface area contributed by atoms with Gasteiger partial charge in [-0.05, 0) is 24.3 Å². The second-order valence-electron chi connectivity index (χ2n) is 6.36. The third-order valence-corrected chi connectivity index (χ3v) is 6.36. The predicted molar refractivity (Wildman–Crippen MR) is 110 cm³/mol. The maximum atomic E-state index is 13.4. The van der Waals surface area contributed by atoms with Crippen LogP contribution < -0.4 is 14.8 Å². The van der Waals surface area contributed by atoms with Gasteiger partial charge < -0.3 is 23.9 Å². The minimum atomic E-state index is -4.03. The summed E-state index contributed by atoms with van der Waals surface area (Å²) in [6.45, 7) is 1.45. The quantitative estimate of drug-likeness (QED) is 0.544. The van der Waals surface area contributed by atoms with Gasteiger partial charge in [0.2, 0.25) is 26.6 Å². The normalized spacial score (nSPS) is 13.3. The van der Waals surface area contributed by atoms with Gasteiger partial charge in [-0.1, -0.05) is 23.7 Å². The SMILES string of the molecule is COCCNc1oc(-c2ccccc2Cl)nc1S(=O)(=O)c1ccc2c(c1)OCCO2. The average molecular weight is 451 g/mol. The van der Waals surface area contributed by atoms with Crippen LogP contribution in [0.2, 0.25) is 5.02 Å². The second-order valence-corrected chi connectivity index (χ2v) is 8.63. The van der Waals surface area contributed by atoms with Gasteiger partial charge in [0.25, 0.3) is 0 Å². The fourth-order valence-corrected chi connectivity index (χ4v) is 4.43. The van der Waals surface area contributed by atoms with Gasteiger partial charge in [0, 0.05) is 19.7 Å². The summed E-state index contributed by atoms with van der Waals surface area (Å²) in [6, 6.07) is 11.3. The molecule has 4 rings (SSSR count). The predicted octanol–water partition coefficient (Wildman–Crippen LogP) is 3.66. The van der Waals surface area contributed by atoms with Crippen molar-refractivity contribution in [1.82, 2.24) is 4.98 Å². The highest BCUT2D eigenvalue weighted by Crippen LogP contribution is 2.38. The molecule has 0 fully saturated rings. The van der Waals surface area contributed by atoms with E-state index in [4.69, 9.17) is 30.2 Å². The number of ether oxygens (including phenoxy) is 3. The van der Waals surface area contributed by atoms with Crippen LogP contribution in [-0.2, 0) is 14.6 Å². The van der Waals surface area contributed by atoms with Crippen LogP contribution in [0.25, 0.3) is 11.5 Å². The number of benzene rings is 2. The Labute approximate surface area is 178 Å². The van der Waals surface area contributed by atoms with Crippen LogP contribution in [0.3, 0.4) is 0 Å². The number of aromatic nitrogens is 1. The molecule has 2 aromatic carbocycles. The molecule has 1 aliphatic rings. The number of hydrogen-bond donors (Lipinski definition) is 1. The van der Waals surface area contributed by atoms with E-state index in [2.05, 4.69) is 10.3 Å². The van der Waals surface area contributed by atoms with Crippen molar-refractivity contribution in [3.05, 3.63) is 47.5 Å². The molecule has 0 saturated heterocycles. The van der Waals surface area contributed by atoms with Gasteiger partial charge in [0.15, 0.2) is 11.5 Å². The number of halogens is 1. The van der Waals surface area contributed by atoms with Crippen molar-refractivity contribution in [2.45, 2.75) is 9.92 Å². The fraction of sp³-hybridized carbons (Fsp3) is 0.250. The maximum absolute atomic E-state index is 13.4. The highest BCUT2D eigenvalue weighted by Gasteiger charge is 2.30. The minimum Gasteiger partial charge on any atom is -0.486 e. The van der Waals surface area contributed by atoms with E-state index in [1.807, 2.05) is 0 Å². The molecule has 1 aliphatic heterocycles. The minimum absolute atomic E-state index is 0.0110. The first kappa shape index (κ1) is 20.5. The molecule has 1 aromatic heterocycles. The molecule has 0 radical (unpaired) electrons. The molecule has 8 nitrogen and oxygen atoms in total. The number of oxazole rings is 1. The molecule has 158 valence electrons. The second kappa shape index (κ2) is 8.55. The van der Waals surface area contributed by atoms with E-state index >= 15 is 0 Å². The van der Waals surface area contributed by atoms with E-state index in [1.54, 1.807) is 37.4 Å². The zero-order valence-electron chi connectivity index (χ0n) is 16.1. The standard InChI is InChI=1S/C20H19ClN2O6S/c1-26-9-8-22-19-20(23-18(29-19)14-4-2-3-5-15(14)21)30(24,25)13-6-7-16-17(12-13)28-11-10-27-16/h2-7,12,22H,8-11H2,1H3. The summed E-state index contributed by atoms with van der Waals surface area (Å²) in [5.41, 5.74) is 0.484.